The van der Waals surface area contributed by atoms with Crippen molar-refractivity contribution in [3.05, 3.63) is 74.4 Å². The predicted molar refractivity (Wildman–Crippen MR) is 513 cm³/mol. The van der Waals surface area contributed by atoms with Crippen molar-refractivity contribution >= 4 is 35.8 Å². The van der Waals surface area contributed by atoms with Crippen molar-refractivity contribution in [3.63, 3.8) is 0 Å². The van der Waals surface area contributed by atoms with Crippen LogP contribution in [0, 0.1) is 163 Å². The third-order valence-electron chi connectivity index (χ3n) is 39.1. The number of esters is 6. The van der Waals surface area contributed by atoms with Crippen molar-refractivity contribution in [2.45, 2.75) is 448 Å². The van der Waals surface area contributed by atoms with Crippen LogP contribution in [-0.4, -0.2) is 69.4 Å². The molecular formula is C115H182O12. The fraction of sp³-hybridized carbons (Fsp3) is 0.843. The van der Waals surface area contributed by atoms with Crippen LogP contribution >= 0.6 is 0 Å². The Morgan fingerprint density at radius 1 is 0.291 bits per heavy atom. The van der Waals surface area contributed by atoms with E-state index in [1.807, 2.05) is 0 Å². The molecule has 14 atom stereocenters. The Hall–Kier alpha value is -4.74. The van der Waals surface area contributed by atoms with Gasteiger partial charge in [-0.25, -0.2) is 28.8 Å². The van der Waals surface area contributed by atoms with Crippen molar-refractivity contribution in [2.24, 2.45) is 163 Å². The van der Waals surface area contributed by atoms with Crippen LogP contribution in [0.25, 0.3) is 0 Å². The summed E-state index contributed by atoms with van der Waals surface area (Å²) in [6, 6.07) is 0. The Balaban J connectivity index is 0.000000130. The van der Waals surface area contributed by atoms with E-state index in [4.69, 9.17) is 28.4 Å². The van der Waals surface area contributed by atoms with Crippen molar-refractivity contribution in [2.75, 3.05) is 0 Å². The molecule has 0 amide bonds. The van der Waals surface area contributed by atoms with Crippen LogP contribution < -0.4 is 0 Å². The summed E-state index contributed by atoms with van der Waals surface area (Å²) in [6.45, 7) is 64.9. The van der Waals surface area contributed by atoms with Crippen LogP contribution in [0.15, 0.2) is 74.4 Å². The third kappa shape index (κ3) is 20.1. The van der Waals surface area contributed by atoms with E-state index in [-0.39, 0.29) is 69.4 Å². The van der Waals surface area contributed by atoms with E-state index in [1.165, 1.54) is 249 Å². The van der Waals surface area contributed by atoms with E-state index in [0.29, 0.717) is 144 Å². The largest absolute Gasteiger partial charge is 0.455 e. The normalized spacial score (nSPS) is 44.2. The highest BCUT2D eigenvalue weighted by molar-refractivity contribution is 5.88. The highest BCUT2D eigenvalue weighted by atomic mass is 16.6. The summed E-state index contributed by atoms with van der Waals surface area (Å²) in [5.41, 5.74) is 3.51. The maximum atomic E-state index is 12.4. The van der Waals surface area contributed by atoms with Crippen LogP contribution in [0.4, 0.5) is 0 Å². The van der Waals surface area contributed by atoms with Gasteiger partial charge in [0.1, 0.15) is 33.6 Å². The molecule has 24 fully saturated rings. The highest BCUT2D eigenvalue weighted by Gasteiger charge is 2.70. The predicted octanol–water partition coefficient (Wildman–Crippen LogP) is 29.1. The maximum absolute atomic E-state index is 12.4. The number of hydrogen-bond donors (Lipinski definition) is 0. The molecule has 127 heavy (non-hydrogen) atoms. The van der Waals surface area contributed by atoms with Crippen LogP contribution in [0.5, 0.6) is 0 Å². The van der Waals surface area contributed by atoms with Crippen molar-refractivity contribution < 1.29 is 57.2 Å². The molecule has 714 valence electrons. The van der Waals surface area contributed by atoms with Crippen molar-refractivity contribution in [1.29, 1.82) is 0 Å². The summed E-state index contributed by atoms with van der Waals surface area (Å²) < 4.78 is 37.0. The molecule has 0 aromatic carbocycles. The molecule has 0 heterocycles. The minimum absolute atomic E-state index is 0.158. The zero-order valence-corrected chi connectivity index (χ0v) is 84.2. The lowest BCUT2D eigenvalue weighted by atomic mass is 9.43. The van der Waals surface area contributed by atoms with E-state index < -0.39 is 0 Å². The lowest BCUT2D eigenvalue weighted by molar-refractivity contribution is -0.238. The molecule has 0 aliphatic heterocycles. The van der Waals surface area contributed by atoms with Gasteiger partial charge in [-0.15, -0.1) is 0 Å². The van der Waals surface area contributed by atoms with Crippen molar-refractivity contribution in [3.8, 4) is 0 Å². The molecule has 24 bridgehead atoms. The minimum Gasteiger partial charge on any atom is -0.455 e. The Morgan fingerprint density at radius 2 is 0.504 bits per heavy atom. The SMILES string of the molecule is C=C(C)C(=O)OC1(C(C)CCC)C2CC3CC1CC(C)(C3)C2.C=C(C)C(=O)OC1(CC(C)C)C2CC3CC1CC(C)(C3)C2.C=C(C)C(=O)OC1(CCCCC)C2CC3CC1CC(C)(C3)C2.C=CC(=O)OC1(C(C)CCC)C2CC3CC1CC(C)(C3)C2.C=CC(=O)OC1(CC(C)C)C2CC3CC1CC(C)(C3)C2.C=CC(=O)OC1(CCCCC)C2CC3CC1CC(C)(C3)C2. The number of carbonyl (C=O) groups excluding carboxylic acids is 6. The number of hydrogen-bond acceptors (Lipinski definition) is 12. The second-order valence-electron chi connectivity index (χ2n) is 51.3. The van der Waals surface area contributed by atoms with Gasteiger partial charge in [-0.05, 0) is 404 Å². The van der Waals surface area contributed by atoms with Crippen LogP contribution in [-0.2, 0) is 57.2 Å². The van der Waals surface area contributed by atoms with Gasteiger partial charge in [0, 0.05) is 58.6 Å². The molecule has 0 aromatic rings. The molecule has 12 nitrogen and oxygen atoms in total. The van der Waals surface area contributed by atoms with Gasteiger partial charge >= 0.3 is 35.8 Å². The Morgan fingerprint density at radius 3 is 0.748 bits per heavy atom. The molecule has 0 N–H and O–H groups in total. The zero-order chi connectivity index (χ0) is 92.4. The maximum Gasteiger partial charge on any atom is 0.333 e. The summed E-state index contributed by atoms with van der Waals surface area (Å²) in [5.74, 6) is 13.1. The molecular weight excluding hydrogens is 1570 g/mol. The summed E-state index contributed by atoms with van der Waals surface area (Å²) in [6.07, 6.45) is 58.8. The molecule has 24 aliphatic carbocycles. The minimum atomic E-state index is -0.220. The lowest BCUT2D eigenvalue weighted by Gasteiger charge is -2.65. The van der Waals surface area contributed by atoms with E-state index in [2.05, 4.69) is 150 Å². The zero-order valence-electron chi connectivity index (χ0n) is 84.2. The van der Waals surface area contributed by atoms with Crippen LogP contribution in [0.2, 0.25) is 0 Å². The summed E-state index contributed by atoms with van der Waals surface area (Å²) in [4.78, 5) is 73.0. The Kier molecular flexibility index (Phi) is 30.3. The molecule has 24 rings (SSSR count). The van der Waals surface area contributed by atoms with Gasteiger partial charge in [-0.2, -0.15) is 0 Å². The first kappa shape index (κ1) is 99.7. The molecule has 0 spiro atoms. The summed E-state index contributed by atoms with van der Waals surface area (Å²) in [5, 5.41) is 0. The van der Waals surface area contributed by atoms with Gasteiger partial charge in [0.25, 0.3) is 0 Å². The van der Waals surface area contributed by atoms with E-state index in [0.717, 1.165) is 86.9 Å². The molecule has 12 heteroatoms. The second kappa shape index (κ2) is 38.6. The summed E-state index contributed by atoms with van der Waals surface area (Å²) in [7, 11) is 0. The fourth-order valence-corrected chi connectivity index (χ4v) is 36.4. The fourth-order valence-electron chi connectivity index (χ4n) is 36.4. The van der Waals surface area contributed by atoms with E-state index >= 15 is 0 Å². The van der Waals surface area contributed by atoms with Crippen LogP contribution in [0.1, 0.15) is 414 Å². The van der Waals surface area contributed by atoms with Gasteiger partial charge < -0.3 is 28.4 Å². The van der Waals surface area contributed by atoms with Gasteiger partial charge in [0.05, 0.1) is 0 Å². The van der Waals surface area contributed by atoms with Crippen molar-refractivity contribution in [1.82, 2.24) is 0 Å². The van der Waals surface area contributed by atoms with Gasteiger partial charge in [-0.1, -0.05) is 189 Å². The molecule has 0 saturated heterocycles. The number of rotatable bonds is 30. The standard InChI is InChI=1S/2C20H32O2.3C19H30O2.C18H28O2/c1-6-7-14(4)20(22-18(21)13(2)3)16-8-15-9-17(20)12-19(5,10-15)11-16;1-5-6-7-8-20(22-18(21)14(2)3)16-9-15-10-17(20)13-19(4,11-15)12-16;1-12(2)8-19(21-17(20)13(3)4)15-6-14-7-16(19)11-18(5,9-14)10-15;1-5-7-13(3)19(21-17(20)6-2)15-8-14-9-16(19)12-18(4,10-14)11-15;1-4-6-7-8-19(21-17(20)5-2)15-9-14-10-16(19)13-18(3,11-14)12-15;1-5-16(19)20-18(8-12(2)3)14-6-13-7-15(18)11-17(4,9-13)10-14/h14-17H,2,6-12H2,1,3-5H3;15-17H,2,5-13H2,1,3-4H3;12,14-16H,3,6-11H2,1-2,4-5H3;6,13-16H,2,5,7-12H2,1,3-4H3;5,14-16H,2,4,6-13H2,1,3H3;5,12-15H,1,6-11H2,2-4H3. The quantitative estimate of drug-likeness (QED) is 0.0291. The smallest absolute Gasteiger partial charge is 0.333 e. The molecule has 0 radical (unpaired) electrons. The first-order chi connectivity index (χ1) is 59.7. The monoisotopic (exact) mass is 1760 g/mol. The average Bonchev–Trinajstić information content (AvgIpc) is 0.703. The molecule has 24 saturated carbocycles. The third-order valence-corrected chi connectivity index (χ3v) is 39.1. The molecule has 14 unspecified atom stereocenters. The van der Waals surface area contributed by atoms with E-state index in [1.54, 1.807) is 20.8 Å². The van der Waals surface area contributed by atoms with E-state index in [9.17, 15) is 28.8 Å². The van der Waals surface area contributed by atoms with Crippen LogP contribution in [0.3, 0.4) is 0 Å². The second-order valence-corrected chi connectivity index (χ2v) is 51.3. The topological polar surface area (TPSA) is 158 Å². The van der Waals surface area contributed by atoms with Gasteiger partial charge in [0.15, 0.2) is 0 Å². The number of carbonyl (C=O) groups is 6. The van der Waals surface area contributed by atoms with Gasteiger partial charge in [-0.3, -0.25) is 0 Å². The highest BCUT2D eigenvalue weighted by Crippen LogP contribution is 2.73. The lowest BCUT2D eigenvalue weighted by Crippen LogP contribution is -2.64. The number of unbranched alkanes of at least 4 members (excludes halogenated alkanes) is 4. The van der Waals surface area contributed by atoms with Gasteiger partial charge in [0.2, 0.25) is 0 Å². The molecule has 24 aliphatic rings. The Labute approximate surface area is 773 Å². The number of ether oxygens (including phenoxy) is 6. The summed E-state index contributed by atoms with van der Waals surface area (Å²) >= 11 is 0. The first-order valence-corrected chi connectivity index (χ1v) is 53.0. The molecule has 0 aromatic heterocycles. The first-order valence-electron chi connectivity index (χ1n) is 53.0. The average molecular weight is 1760 g/mol. The Bertz CT molecular complexity index is 3890.